The molecule has 1 aromatic carbocycles. The maximum Gasteiger partial charge on any atom is 0.275 e. The Balaban J connectivity index is 1.87. The molecule has 3 aromatic rings. The molecule has 0 atom stereocenters. The topological polar surface area (TPSA) is 56.5 Å². The first-order valence-electron chi connectivity index (χ1n) is 6.43. The molecule has 7 heteroatoms. The number of para-hydroxylation sites is 1. The van der Waals surface area contributed by atoms with Crippen molar-refractivity contribution in [3.63, 3.8) is 0 Å². The Morgan fingerprint density at radius 1 is 1.38 bits per heavy atom. The minimum atomic E-state index is -0.200. The van der Waals surface area contributed by atoms with Crippen LogP contribution in [0.1, 0.15) is 17.6 Å². The van der Waals surface area contributed by atoms with Crippen molar-refractivity contribution in [3.05, 3.63) is 56.4 Å². The number of hydrogen-bond donors (Lipinski definition) is 0. The van der Waals surface area contributed by atoms with Crippen molar-refractivity contribution in [2.24, 2.45) is 0 Å². The van der Waals surface area contributed by atoms with E-state index in [1.54, 1.807) is 12.1 Å². The van der Waals surface area contributed by atoms with Crippen LogP contribution in [0.5, 0.6) is 5.75 Å². The molecule has 0 saturated carbocycles. The largest absolute Gasteiger partial charge is 0.486 e. The number of benzene rings is 1. The van der Waals surface area contributed by atoms with E-state index >= 15 is 0 Å². The van der Waals surface area contributed by atoms with Crippen molar-refractivity contribution >= 4 is 27.9 Å². The third-order valence-corrected chi connectivity index (χ3v) is 4.22. The molecule has 0 aliphatic heterocycles. The Bertz CT molecular complexity index is 844. The molecule has 2 heterocycles. The fourth-order valence-corrected chi connectivity index (χ4v) is 2.87. The zero-order chi connectivity index (χ0) is 14.8. The lowest BCUT2D eigenvalue weighted by molar-refractivity contribution is 0.301. The van der Waals surface area contributed by atoms with Crippen molar-refractivity contribution in [2.75, 3.05) is 0 Å². The third-order valence-electron chi connectivity index (χ3n) is 2.85. The first-order chi connectivity index (χ1) is 10.2. The molecule has 0 aliphatic carbocycles. The van der Waals surface area contributed by atoms with Gasteiger partial charge in [-0.05, 0) is 18.6 Å². The van der Waals surface area contributed by atoms with Crippen LogP contribution in [0.25, 0.3) is 4.96 Å². The number of aromatic nitrogens is 3. The lowest BCUT2D eigenvalue weighted by atomic mass is 10.3. The summed E-state index contributed by atoms with van der Waals surface area (Å²) in [7, 11) is 0. The van der Waals surface area contributed by atoms with E-state index in [1.807, 2.05) is 19.1 Å². The summed E-state index contributed by atoms with van der Waals surface area (Å²) in [6.45, 7) is 2.18. The van der Waals surface area contributed by atoms with Gasteiger partial charge in [0.15, 0.2) is 0 Å². The Morgan fingerprint density at radius 3 is 2.95 bits per heavy atom. The van der Waals surface area contributed by atoms with Gasteiger partial charge in [0, 0.05) is 6.07 Å². The molecule has 108 valence electrons. The van der Waals surface area contributed by atoms with Gasteiger partial charge in [-0.15, -0.1) is 0 Å². The summed E-state index contributed by atoms with van der Waals surface area (Å²) in [5.41, 5.74) is 0.361. The number of halogens is 1. The van der Waals surface area contributed by atoms with Gasteiger partial charge in [0.25, 0.3) is 5.56 Å². The molecule has 0 fully saturated rings. The molecule has 0 aliphatic rings. The van der Waals surface area contributed by atoms with Crippen molar-refractivity contribution in [1.82, 2.24) is 14.6 Å². The van der Waals surface area contributed by atoms with Crippen molar-refractivity contribution in [1.29, 1.82) is 0 Å². The normalized spacial score (nSPS) is 11.0. The fourth-order valence-electron chi connectivity index (χ4n) is 1.83. The Kier molecular flexibility index (Phi) is 3.90. The van der Waals surface area contributed by atoms with Gasteiger partial charge < -0.3 is 4.74 Å². The standard InChI is InChI=1S/C14H12ClN3O2S/c1-2-12-17-18-13(19)7-9(16-14(18)21-12)8-20-11-6-4-3-5-10(11)15/h3-7H,2,8H2,1H3. The molecule has 0 amide bonds. The summed E-state index contributed by atoms with van der Waals surface area (Å²) in [5, 5.41) is 5.61. The molecule has 2 aromatic heterocycles. The van der Waals surface area contributed by atoms with Crippen molar-refractivity contribution in [3.8, 4) is 5.75 Å². The van der Waals surface area contributed by atoms with E-state index in [0.717, 1.165) is 11.4 Å². The van der Waals surface area contributed by atoms with Gasteiger partial charge in [-0.3, -0.25) is 4.79 Å². The Morgan fingerprint density at radius 2 is 2.19 bits per heavy atom. The van der Waals surface area contributed by atoms with E-state index in [9.17, 15) is 4.79 Å². The highest BCUT2D eigenvalue weighted by Crippen LogP contribution is 2.23. The molecule has 5 nitrogen and oxygen atoms in total. The smallest absolute Gasteiger partial charge is 0.275 e. The zero-order valence-electron chi connectivity index (χ0n) is 11.2. The molecule has 0 unspecified atom stereocenters. The number of ether oxygens (including phenoxy) is 1. The number of nitrogens with zero attached hydrogens (tertiary/aromatic N) is 3. The van der Waals surface area contributed by atoms with Crippen LogP contribution in [0, 0.1) is 0 Å². The van der Waals surface area contributed by atoms with Crippen LogP contribution in [0.3, 0.4) is 0 Å². The van der Waals surface area contributed by atoms with E-state index < -0.39 is 0 Å². The molecule has 0 N–H and O–H groups in total. The zero-order valence-corrected chi connectivity index (χ0v) is 12.8. The summed E-state index contributed by atoms with van der Waals surface area (Å²) in [6.07, 6.45) is 0.777. The van der Waals surface area contributed by atoms with Gasteiger partial charge in [0.05, 0.1) is 10.7 Å². The molecule has 3 rings (SSSR count). The van der Waals surface area contributed by atoms with Crippen LogP contribution in [-0.2, 0) is 13.0 Å². The molecular weight excluding hydrogens is 310 g/mol. The van der Waals surface area contributed by atoms with Crippen LogP contribution < -0.4 is 10.3 Å². The number of fused-ring (bicyclic) bond motifs is 1. The van der Waals surface area contributed by atoms with Crippen LogP contribution in [-0.4, -0.2) is 14.6 Å². The third kappa shape index (κ3) is 2.91. The number of rotatable bonds is 4. The summed E-state index contributed by atoms with van der Waals surface area (Å²) in [4.78, 5) is 17.0. The minimum Gasteiger partial charge on any atom is -0.486 e. The Hall–Kier alpha value is -1.92. The van der Waals surface area contributed by atoms with Crippen LogP contribution in [0.15, 0.2) is 35.1 Å². The maximum atomic E-state index is 12.0. The lowest BCUT2D eigenvalue weighted by Crippen LogP contribution is -2.16. The van der Waals surface area contributed by atoms with Crippen LogP contribution >= 0.6 is 22.9 Å². The van der Waals surface area contributed by atoms with E-state index in [4.69, 9.17) is 16.3 Å². The predicted octanol–water partition coefficient (Wildman–Crippen LogP) is 2.95. The van der Waals surface area contributed by atoms with E-state index in [0.29, 0.717) is 21.4 Å². The van der Waals surface area contributed by atoms with Gasteiger partial charge in [-0.1, -0.05) is 42.0 Å². The van der Waals surface area contributed by atoms with Gasteiger partial charge in [-0.2, -0.15) is 9.61 Å². The van der Waals surface area contributed by atoms with Gasteiger partial charge in [0.1, 0.15) is 17.4 Å². The summed E-state index contributed by atoms with van der Waals surface area (Å²) >= 11 is 7.43. The molecule has 21 heavy (non-hydrogen) atoms. The highest BCUT2D eigenvalue weighted by molar-refractivity contribution is 7.16. The summed E-state index contributed by atoms with van der Waals surface area (Å²) < 4.78 is 6.92. The second-order valence-electron chi connectivity index (χ2n) is 4.35. The molecule has 0 bridgehead atoms. The SMILES string of the molecule is CCc1nn2c(=O)cc(COc3ccccc3Cl)nc2s1. The fraction of sp³-hybridized carbons (Fsp3) is 0.214. The predicted molar refractivity (Wildman–Crippen MR) is 82.3 cm³/mol. The van der Waals surface area contributed by atoms with E-state index in [-0.39, 0.29) is 12.2 Å². The molecule has 0 spiro atoms. The van der Waals surface area contributed by atoms with Crippen LogP contribution in [0.4, 0.5) is 0 Å². The van der Waals surface area contributed by atoms with Crippen molar-refractivity contribution in [2.45, 2.75) is 20.0 Å². The highest BCUT2D eigenvalue weighted by Gasteiger charge is 2.09. The van der Waals surface area contributed by atoms with E-state index in [2.05, 4.69) is 10.1 Å². The quantitative estimate of drug-likeness (QED) is 0.741. The number of aryl methyl sites for hydroxylation is 1. The van der Waals surface area contributed by atoms with E-state index in [1.165, 1.54) is 21.9 Å². The Labute approximate surface area is 129 Å². The second kappa shape index (κ2) is 5.83. The first kappa shape index (κ1) is 14.0. The first-order valence-corrected chi connectivity index (χ1v) is 7.63. The molecule has 0 saturated heterocycles. The average molecular weight is 322 g/mol. The second-order valence-corrected chi connectivity index (χ2v) is 5.80. The van der Waals surface area contributed by atoms with Gasteiger partial charge >= 0.3 is 0 Å². The molecular formula is C14H12ClN3O2S. The lowest BCUT2D eigenvalue weighted by Gasteiger charge is -2.06. The van der Waals surface area contributed by atoms with Gasteiger partial charge in [-0.25, -0.2) is 4.98 Å². The van der Waals surface area contributed by atoms with Gasteiger partial charge in [0.2, 0.25) is 4.96 Å². The minimum absolute atomic E-state index is 0.189. The maximum absolute atomic E-state index is 12.0. The summed E-state index contributed by atoms with van der Waals surface area (Å²) in [6, 6.07) is 8.62. The van der Waals surface area contributed by atoms with Crippen LogP contribution in [0.2, 0.25) is 5.02 Å². The highest BCUT2D eigenvalue weighted by atomic mass is 35.5. The molecule has 0 radical (unpaired) electrons. The average Bonchev–Trinajstić information content (AvgIpc) is 2.90. The number of hydrogen-bond acceptors (Lipinski definition) is 5. The summed E-state index contributed by atoms with van der Waals surface area (Å²) in [5.74, 6) is 0.569. The van der Waals surface area contributed by atoms with Crippen molar-refractivity contribution < 1.29 is 4.74 Å². The monoisotopic (exact) mass is 321 g/mol.